The molecule has 0 aliphatic heterocycles. The fourth-order valence-electron chi connectivity index (χ4n) is 1.84. The maximum Gasteiger partial charge on any atom is 0.195 e. The second-order valence-corrected chi connectivity index (χ2v) is 4.70. The van der Waals surface area contributed by atoms with E-state index in [0.29, 0.717) is 6.54 Å². The molecule has 0 saturated carbocycles. The lowest BCUT2D eigenvalue weighted by molar-refractivity contribution is 0.445. The third-order valence-electron chi connectivity index (χ3n) is 2.67. The molecule has 2 aromatic rings. The molecular formula is C13H11F3N4. The van der Waals surface area contributed by atoms with Gasteiger partial charge in [-0.05, 0) is 18.1 Å². The largest absolute Gasteiger partial charge is 0.243 e. The van der Waals surface area contributed by atoms with Crippen molar-refractivity contribution in [3.8, 4) is 17.3 Å². The first-order valence-electron chi connectivity index (χ1n) is 5.93. The molecule has 0 saturated heterocycles. The van der Waals surface area contributed by atoms with Crippen molar-refractivity contribution >= 4 is 0 Å². The number of aromatic nitrogens is 3. The summed E-state index contributed by atoms with van der Waals surface area (Å²) in [6.45, 7) is 4.18. The first kappa shape index (κ1) is 14.1. The van der Waals surface area contributed by atoms with Gasteiger partial charge in [-0.2, -0.15) is 5.26 Å². The number of hydrogen-bond donors (Lipinski definition) is 0. The minimum atomic E-state index is -1.58. The fraction of sp³-hybridized carbons (Fsp3) is 0.308. The minimum Gasteiger partial charge on any atom is -0.243 e. The van der Waals surface area contributed by atoms with Crippen LogP contribution in [-0.4, -0.2) is 15.0 Å². The van der Waals surface area contributed by atoms with Gasteiger partial charge in [0.15, 0.2) is 23.1 Å². The zero-order valence-corrected chi connectivity index (χ0v) is 10.9. The van der Waals surface area contributed by atoms with Crippen molar-refractivity contribution in [3.63, 3.8) is 0 Å². The van der Waals surface area contributed by atoms with Gasteiger partial charge in [-0.3, -0.25) is 0 Å². The summed E-state index contributed by atoms with van der Waals surface area (Å²) in [5.41, 5.74) is -0.306. The molecule has 20 heavy (non-hydrogen) atoms. The van der Waals surface area contributed by atoms with Crippen LogP contribution in [0.2, 0.25) is 0 Å². The Morgan fingerprint density at radius 3 is 2.55 bits per heavy atom. The van der Waals surface area contributed by atoms with Crippen molar-refractivity contribution in [2.24, 2.45) is 5.92 Å². The van der Waals surface area contributed by atoms with Crippen molar-refractivity contribution in [1.82, 2.24) is 15.0 Å². The van der Waals surface area contributed by atoms with Gasteiger partial charge in [0.05, 0.1) is 0 Å². The Labute approximate surface area is 113 Å². The molecule has 104 valence electrons. The van der Waals surface area contributed by atoms with Gasteiger partial charge in [0, 0.05) is 12.1 Å². The van der Waals surface area contributed by atoms with E-state index in [9.17, 15) is 13.2 Å². The van der Waals surface area contributed by atoms with Crippen molar-refractivity contribution < 1.29 is 13.2 Å². The van der Waals surface area contributed by atoms with Gasteiger partial charge in [0.2, 0.25) is 0 Å². The fourth-order valence-corrected chi connectivity index (χ4v) is 1.84. The molecule has 0 atom stereocenters. The van der Waals surface area contributed by atoms with Gasteiger partial charge in [-0.15, -0.1) is 5.10 Å². The number of rotatable bonds is 3. The van der Waals surface area contributed by atoms with Crippen LogP contribution in [0.15, 0.2) is 12.1 Å². The van der Waals surface area contributed by atoms with E-state index in [1.807, 2.05) is 13.8 Å². The monoisotopic (exact) mass is 280 g/mol. The predicted octanol–water partition coefficient (Wildman–Crippen LogP) is 2.89. The van der Waals surface area contributed by atoms with Crippen molar-refractivity contribution in [1.29, 1.82) is 5.26 Å². The van der Waals surface area contributed by atoms with Gasteiger partial charge in [-0.25, -0.2) is 17.9 Å². The van der Waals surface area contributed by atoms with Crippen LogP contribution >= 0.6 is 0 Å². The highest BCUT2D eigenvalue weighted by Gasteiger charge is 2.22. The van der Waals surface area contributed by atoms with E-state index in [0.717, 1.165) is 12.1 Å². The Morgan fingerprint density at radius 1 is 1.25 bits per heavy atom. The third kappa shape index (κ3) is 2.37. The molecule has 0 amide bonds. The van der Waals surface area contributed by atoms with Gasteiger partial charge in [0.1, 0.15) is 11.8 Å². The summed E-state index contributed by atoms with van der Waals surface area (Å²) < 4.78 is 41.5. The standard InChI is InChI=1S/C13H11F3N4/c1-7(2)6-20-13(10(5-17)18-19-20)8-3-4-9(14)12(16)11(8)15/h3-4,7H,6H2,1-2H3. The van der Waals surface area contributed by atoms with Gasteiger partial charge in [0.25, 0.3) is 0 Å². The van der Waals surface area contributed by atoms with E-state index in [1.54, 1.807) is 6.07 Å². The van der Waals surface area contributed by atoms with Crippen LogP contribution in [0, 0.1) is 34.7 Å². The van der Waals surface area contributed by atoms with Crippen LogP contribution in [-0.2, 0) is 6.54 Å². The molecule has 1 aromatic carbocycles. The molecule has 0 radical (unpaired) electrons. The van der Waals surface area contributed by atoms with Crippen LogP contribution in [0.4, 0.5) is 13.2 Å². The first-order chi connectivity index (χ1) is 9.45. The van der Waals surface area contributed by atoms with Crippen molar-refractivity contribution in [2.45, 2.75) is 20.4 Å². The summed E-state index contributed by atoms with van der Waals surface area (Å²) in [5, 5.41) is 16.4. The third-order valence-corrected chi connectivity index (χ3v) is 2.67. The Morgan fingerprint density at radius 2 is 1.95 bits per heavy atom. The first-order valence-corrected chi connectivity index (χ1v) is 5.93. The molecule has 0 aliphatic carbocycles. The molecule has 1 aromatic heterocycles. The molecule has 0 aliphatic rings. The number of benzene rings is 1. The van der Waals surface area contributed by atoms with E-state index < -0.39 is 17.5 Å². The van der Waals surface area contributed by atoms with E-state index >= 15 is 0 Å². The molecule has 0 unspecified atom stereocenters. The maximum absolute atomic E-state index is 13.9. The highest BCUT2D eigenvalue weighted by molar-refractivity contribution is 5.65. The number of hydrogen-bond acceptors (Lipinski definition) is 3. The second kappa shape index (κ2) is 5.33. The maximum atomic E-state index is 13.9. The van der Waals surface area contributed by atoms with E-state index in [2.05, 4.69) is 10.3 Å². The second-order valence-electron chi connectivity index (χ2n) is 4.70. The van der Waals surface area contributed by atoms with Crippen molar-refractivity contribution in [2.75, 3.05) is 0 Å². The molecule has 2 rings (SSSR count). The van der Waals surface area contributed by atoms with Gasteiger partial charge in [-0.1, -0.05) is 19.1 Å². The summed E-state index contributed by atoms with van der Waals surface area (Å²) in [5.74, 6) is -4.06. The van der Waals surface area contributed by atoms with E-state index in [1.165, 1.54) is 4.68 Å². The summed E-state index contributed by atoms with van der Waals surface area (Å²) in [7, 11) is 0. The molecular weight excluding hydrogens is 269 g/mol. The highest BCUT2D eigenvalue weighted by Crippen LogP contribution is 2.28. The van der Waals surface area contributed by atoms with E-state index in [-0.39, 0.29) is 22.9 Å². The molecule has 0 fully saturated rings. The quantitative estimate of drug-likeness (QED) is 0.812. The molecule has 1 heterocycles. The lowest BCUT2D eigenvalue weighted by Gasteiger charge is -2.10. The predicted molar refractivity (Wildman–Crippen MR) is 64.9 cm³/mol. The van der Waals surface area contributed by atoms with Crippen molar-refractivity contribution in [3.05, 3.63) is 35.3 Å². The average molecular weight is 280 g/mol. The molecule has 4 nitrogen and oxygen atoms in total. The van der Waals surface area contributed by atoms with Crippen LogP contribution in [0.5, 0.6) is 0 Å². The van der Waals surface area contributed by atoms with Crippen LogP contribution in [0.3, 0.4) is 0 Å². The Bertz CT molecular complexity index is 686. The molecule has 0 N–H and O–H groups in total. The molecule has 7 heteroatoms. The minimum absolute atomic E-state index is 0.0533. The van der Waals surface area contributed by atoms with Crippen LogP contribution in [0.25, 0.3) is 11.3 Å². The lowest BCUT2D eigenvalue weighted by Crippen LogP contribution is -2.09. The lowest BCUT2D eigenvalue weighted by atomic mass is 10.1. The van der Waals surface area contributed by atoms with Crippen LogP contribution in [0.1, 0.15) is 19.5 Å². The topological polar surface area (TPSA) is 54.5 Å². The molecule has 0 spiro atoms. The zero-order valence-electron chi connectivity index (χ0n) is 10.9. The zero-order chi connectivity index (χ0) is 14.9. The summed E-state index contributed by atoms with van der Waals surface area (Å²) in [4.78, 5) is 0. The summed E-state index contributed by atoms with van der Waals surface area (Å²) in [6.07, 6.45) is 0. The van der Waals surface area contributed by atoms with Gasteiger partial charge < -0.3 is 0 Å². The number of nitriles is 1. The smallest absolute Gasteiger partial charge is 0.195 e. The summed E-state index contributed by atoms with van der Waals surface area (Å²) >= 11 is 0. The average Bonchev–Trinajstić information content (AvgIpc) is 2.78. The molecule has 0 bridgehead atoms. The Balaban J connectivity index is 2.66. The number of halogens is 3. The Kier molecular flexibility index (Phi) is 3.74. The Hall–Kier alpha value is -2.36. The normalized spacial score (nSPS) is 10.8. The number of nitrogens with zero attached hydrogens (tertiary/aromatic N) is 4. The van der Waals surface area contributed by atoms with Crippen LogP contribution < -0.4 is 0 Å². The SMILES string of the molecule is CC(C)Cn1nnc(C#N)c1-c1ccc(F)c(F)c1F. The summed E-state index contributed by atoms with van der Waals surface area (Å²) in [6, 6.07) is 3.65. The van der Waals surface area contributed by atoms with E-state index in [4.69, 9.17) is 5.26 Å². The highest BCUT2D eigenvalue weighted by atomic mass is 19.2. The van der Waals surface area contributed by atoms with Gasteiger partial charge >= 0.3 is 0 Å².